The highest BCUT2D eigenvalue weighted by atomic mass is 79.9. The van der Waals surface area contributed by atoms with E-state index in [9.17, 15) is 9.90 Å². The number of benzene rings is 1. The topological polar surface area (TPSA) is 49.3 Å². The van der Waals surface area contributed by atoms with Gasteiger partial charge in [0.15, 0.2) is 0 Å². The number of hydrogen-bond donors (Lipinski definition) is 2. The van der Waals surface area contributed by atoms with Crippen LogP contribution in [0.2, 0.25) is 0 Å². The minimum Gasteiger partial charge on any atom is -0.507 e. The quantitative estimate of drug-likeness (QED) is 0.793. The predicted octanol–water partition coefficient (Wildman–Crippen LogP) is 3.45. The summed E-state index contributed by atoms with van der Waals surface area (Å²) in [6.07, 6.45) is 3.52. The normalized spacial score (nSPS) is 23.0. The number of aromatic hydroxyl groups is 1. The molecule has 0 aliphatic heterocycles. The number of rotatable bonds is 3. The number of phenols is 1. The van der Waals surface area contributed by atoms with Gasteiger partial charge in [-0.1, -0.05) is 38.3 Å². The number of alkyl halides is 1. The van der Waals surface area contributed by atoms with Crippen molar-refractivity contribution < 1.29 is 9.90 Å². The Bertz CT molecular complexity index is 451. The van der Waals surface area contributed by atoms with Crippen LogP contribution in [0.4, 0.5) is 0 Å². The molecule has 1 amide bonds. The highest BCUT2D eigenvalue weighted by Gasteiger charge is 2.25. The van der Waals surface area contributed by atoms with Crippen LogP contribution in [0.3, 0.4) is 0 Å². The molecule has 0 spiro atoms. The van der Waals surface area contributed by atoms with E-state index < -0.39 is 0 Å². The van der Waals surface area contributed by atoms with Crippen LogP contribution in [0, 0.1) is 5.92 Å². The summed E-state index contributed by atoms with van der Waals surface area (Å²) in [6, 6.07) is 4.85. The molecule has 5 heteroatoms. The van der Waals surface area contributed by atoms with Gasteiger partial charge in [-0.25, -0.2) is 0 Å². The Morgan fingerprint density at radius 1 is 1.44 bits per heavy atom. The second-order valence-electron chi connectivity index (χ2n) is 4.58. The van der Waals surface area contributed by atoms with Gasteiger partial charge in [0.05, 0.1) is 5.56 Å². The van der Waals surface area contributed by atoms with Crippen molar-refractivity contribution in [1.82, 2.24) is 5.32 Å². The monoisotopic (exact) mass is 375 g/mol. The summed E-state index contributed by atoms with van der Waals surface area (Å²) < 4.78 is 0.782. The molecule has 98 valence electrons. The van der Waals surface area contributed by atoms with Crippen LogP contribution in [0.25, 0.3) is 0 Å². The standard InChI is InChI=1S/C13H15Br2NO2/c14-9-4-5-12(17)10(6-9)13(18)16-7-8-2-1-3-11(8)15/h4-6,8,11,17H,1-3,7H2,(H,16,18). The van der Waals surface area contributed by atoms with E-state index in [-0.39, 0.29) is 11.7 Å². The first-order valence-corrected chi connectivity index (χ1v) is 7.69. The third-order valence-electron chi connectivity index (χ3n) is 3.29. The van der Waals surface area contributed by atoms with Crippen LogP contribution in [0.15, 0.2) is 22.7 Å². The first-order chi connectivity index (χ1) is 8.58. The third-order valence-corrected chi connectivity index (χ3v) is 4.99. The van der Waals surface area contributed by atoms with E-state index >= 15 is 0 Å². The summed E-state index contributed by atoms with van der Waals surface area (Å²) >= 11 is 6.92. The lowest BCUT2D eigenvalue weighted by molar-refractivity contribution is 0.0945. The molecule has 1 aliphatic rings. The van der Waals surface area contributed by atoms with E-state index in [0.29, 0.717) is 22.9 Å². The van der Waals surface area contributed by atoms with Crippen molar-refractivity contribution in [1.29, 1.82) is 0 Å². The van der Waals surface area contributed by atoms with Gasteiger partial charge in [-0.3, -0.25) is 4.79 Å². The average Bonchev–Trinajstić information content (AvgIpc) is 2.75. The Morgan fingerprint density at radius 3 is 2.89 bits per heavy atom. The lowest BCUT2D eigenvalue weighted by Gasteiger charge is -2.15. The molecular weight excluding hydrogens is 362 g/mol. The Balaban J connectivity index is 1.97. The molecule has 2 N–H and O–H groups in total. The zero-order valence-corrected chi connectivity index (χ0v) is 13.0. The average molecular weight is 377 g/mol. The van der Waals surface area contributed by atoms with Crippen molar-refractivity contribution in [3.63, 3.8) is 0 Å². The number of hydrogen-bond acceptors (Lipinski definition) is 2. The molecule has 0 aromatic heterocycles. The second kappa shape index (κ2) is 6.06. The summed E-state index contributed by atoms with van der Waals surface area (Å²) in [5, 5.41) is 12.5. The van der Waals surface area contributed by atoms with Crippen LogP contribution < -0.4 is 5.32 Å². The molecule has 18 heavy (non-hydrogen) atoms. The van der Waals surface area contributed by atoms with Gasteiger partial charge >= 0.3 is 0 Å². The maximum Gasteiger partial charge on any atom is 0.255 e. The minimum atomic E-state index is -0.222. The second-order valence-corrected chi connectivity index (χ2v) is 6.67. The molecule has 1 aromatic rings. The Hall–Kier alpha value is -0.550. The maximum absolute atomic E-state index is 12.0. The van der Waals surface area contributed by atoms with Crippen molar-refractivity contribution in [2.45, 2.75) is 24.1 Å². The van der Waals surface area contributed by atoms with Crippen molar-refractivity contribution in [2.75, 3.05) is 6.54 Å². The molecular formula is C13H15Br2NO2. The molecule has 1 aliphatic carbocycles. The number of carbonyl (C=O) groups is 1. The Labute approximate surface area is 123 Å². The van der Waals surface area contributed by atoms with Gasteiger partial charge in [0.1, 0.15) is 5.75 Å². The molecule has 1 fully saturated rings. The molecule has 2 atom stereocenters. The molecule has 1 saturated carbocycles. The Kier molecular flexibility index (Phi) is 4.67. The van der Waals surface area contributed by atoms with E-state index in [0.717, 1.165) is 10.9 Å². The summed E-state index contributed by atoms with van der Waals surface area (Å²) in [6.45, 7) is 0.653. The first-order valence-electron chi connectivity index (χ1n) is 5.98. The lowest BCUT2D eigenvalue weighted by Crippen LogP contribution is -2.31. The van der Waals surface area contributed by atoms with E-state index in [1.165, 1.54) is 18.9 Å². The summed E-state index contributed by atoms with van der Waals surface area (Å²) in [7, 11) is 0. The van der Waals surface area contributed by atoms with E-state index in [1.807, 2.05) is 0 Å². The molecule has 2 unspecified atom stereocenters. The zero-order chi connectivity index (χ0) is 13.1. The summed E-state index contributed by atoms with van der Waals surface area (Å²) in [5.41, 5.74) is 0.313. The molecule has 1 aromatic carbocycles. The van der Waals surface area contributed by atoms with Crippen molar-refractivity contribution >= 4 is 37.8 Å². The fraction of sp³-hybridized carbons (Fsp3) is 0.462. The number of halogens is 2. The minimum absolute atomic E-state index is 0.0116. The molecule has 0 radical (unpaired) electrons. The van der Waals surface area contributed by atoms with Crippen molar-refractivity contribution in [3.05, 3.63) is 28.2 Å². The first kappa shape index (κ1) is 13.9. The lowest BCUT2D eigenvalue weighted by atomic mass is 10.1. The molecule has 0 saturated heterocycles. The molecule has 2 rings (SSSR count). The summed E-state index contributed by atoms with van der Waals surface area (Å²) in [4.78, 5) is 12.5. The van der Waals surface area contributed by atoms with Crippen molar-refractivity contribution in [2.24, 2.45) is 5.92 Å². The van der Waals surface area contributed by atoms with Crippen LogP contribution in [0.5, 0.6) is 5.75 Å². The van der Waals surface area contributed by atoms with E-state index in [1.54, 1.807) is 12.1 Å². The highest BCUT2D eigenvalue weighted by molar-refractivity contribution is 9.10. The number of phenolic OH excluding ortho intramolecular Hbond substituents is 1. The maximum atomic E-state index is 12.0. The highest BCUT2D eigenvalue weighted by Crippen LogP contribution is 2.31. The van der Waals surface area contributed by atoms with Gasteiger partial charge in [0.2, 0.25) is 0 Å². The van der Waals surface area contributed by atoms with Gasteiger partial charge in [-0.2, -0.15) is 0 Å². The zero-order valence-electron chi connectivity index (χ0n) is 9.83. The van der Waals surface area contributed by atoms with Crippen LogP contribution >= 0.6 is 31.9 Å². The third kappa shape index (κ3) is 3.26. The number of carbonyl (C=O) groups excluding carboxylic acids is 1. The van der Waals surface area contributed by atoms with Gasteiger partial charge < -0.3 is 10.4 Å². The number of amides is 1. The molecule has 0 heterocycles. The fourth-order valence-corrected chi connectivity index (χ4v) is 3.37. The van der Waals surface area contributed by atoms with E-state index in [4.69, 9.17) is 0 Å². The smallest absolute Gasteiger partial charge is 0.255 e. The molecule has 0 bridgehead atoms. The van der Waals surface area contributed by atoms with Crippen LogP contribution in [0.1, 0.15) is 29.6 Å². The Morgan fingerprint density at radius 2 is 2.22 bits per heavy atom. The molecule has 3 nitrogen and oxygen atoms in total. The SMILES string of the molecule is O=C(NCC1CCCC1Br)c1cc(Br)ccc1O. The van der Waals surface area contributed by atoms with Gasteiger partial charge in [-0.05, 0) is 37.0 Å². The largest absolute Gasteiger partial charge is 0.507 e. The van der Waals surface area contributed by atoms with Gasteiger partial charge in [0.25, 0.3) is 5.91 Å². The van der Waals surface area contributed by atoms with Gasteiger partial charge in [0, 0.05) is 15.8 Å². The van der Waals surface area contributed by atoms with Crippen LogP contribution in [-0.4, -0.2) is 22.4 Å². The predicted molar refractivity (Wildman–Crippen MR) is 78.2 cm³/mol. The summed E-state index contributed by atoms with van der Waals surface area (Å²) in [5.74, 6) is 0.279. The van der Waals surface area contributed by atoms with Gasteiger partial charge in [-0.15, -0.1) is 0 Å². The van der Waals surface area contributed by atoms with Crippen LogP contribution in [-0.2, 0) is 0 Å². The fourth-order valence-electron chi connectivity index (χ4n) is 2.23. The van der Waals surface area contributed by atoms with E-state index in [2.05, 4.69) is 37.2 Å². The number of nitrogens with one attached hydrogen (secondary N) is 1. The van der Waals surface area contributed by atoms with Crippen molar-refractivity contribution in [3.8, 4) is 5.75 Å².